The third-order valence-corrected chi connectivity index (χ3v) is 26.3. The maximum atomic E-state index is 14.5. The molecule has 9 rings (SSSR count). The van der Waals surface area contributed by atoms with Gasteiger partial charge in [-0.2, -0.15) is 0 Å². The Morgan fingerprint density at radius 3 is 0.779 bits per heavy atom. The zero-order chi connectivity index (χ0) is 68.2. The van der Waals surface area contributed by atoms with Gasteiger partial charge in [0.05, 0.1) is 151 Å². The Morgan fingerprint density at radius 1 is 0.337 bits per heavy atom. The molecular formula is C59H69I9N12O15. The number of morpholine rings is 6. The molecule has 0 bridgehead atoms. The number of hydrogen-bond acceptors (Lipinski definition) is 15. The van der Waals surface area contributed by atoms with Crippen LogP contribution in [-0.2, 0) is 28.4 Å². The van der Waals surface area contributed by atoms with Crippen LogP contribution in [0.4, 0.5) is 31.4 Å². The summed E-state index contributed by atoms with van der Waals surface area (Å²) in [6.07, 6.45) is 1.06. The van der Waals surface area contributed by atoms with Gasteiger partial charge in [0.15, 0.2) is 0 Å². The number of ether oxygens (including phenoxy) is 6. The molecule has 6 heterocycles. The minimum absolute atomic E-state index is 0.116. The van der Waals surface area contributed by atoms with Gasteiger partial charge in [-0.1, -0.05) is 0 Å². The number of rotatable bonds is 18. The Kier molecular flexibility index (Phi) is 30.4. The van der Waals surface area contributed by atoms with Gasteiger partial charge in [0.25, 0.3) is 35.4 Å². The van der Waals surface area contributed by atoms with E-state index >= 15 is 0 Å². The van der Waals surface area contributed by atoms with Crippen molar-refractivity contribution >= 4 is 274 Å². The molecular weight excluding hydrogens is 2260 g/mol. The van der Waals surface area contributed by atoms with E-state index in [-0.39, 0.29) is 61.0 Å². The lowest BCUT2D eigenvalue weighted by atomic mass is 9.97. The summed E-state index contributed by atoms with van der Waals surface area (Å²) in [5.74, 6) is -1.96. The minimum atomic E-state index is -0.595. The van der Waals surface area contributed by atoms with Crippen LogP contribution in [0.15, 0.2) is 0 Å². The summed E-state index contributed by atoms with van der Waals surface area (Å²) in [6.45, 7) is 9.07. The van der Waals surface area contributed by atoms with Gasteiger partial charge in [-0.25, -0.2) is 14.4 Å². The SMILES string of the molecule is CN(C(=O)NCCC(CCNC(=O)Nc1c(I)c(C(=O)N2CCOCC2)c(I)c(C(=O)N2CCOCC2)c1I)CCNC(=O)Nc1c(I)c(C(=O)N2CCOCC2)c(I)c(C(=O)N2CCOCC2)c1I)c1c(I)c(C(=O)N2CCOCC2)c(I)c(C(=O)N2CCOCC2)c1I. The molecule has 0 radical (unpaired) electrons. The maximum Gasteiger partial charge on any atom is 0.321 e. The van der Waals surface area contributed by atoms with Crippen molar-refractivity contribution in [3.05, 3.63) is 65.5 Å². The number of nitrogens with one attached hydrogen (secondary N) is 5. The first kappa shape index (κ1) is 77.8. The summed E-state index contributed by atoms with van der Waals surface area (Å²) in [7, 11) is 1.59. The van der Waals surface area contributed by atoms with E-state index in [9.17, 15) is 43.2 Å². The van der Waals surface area contributed by atoms with Crippen LogP contribution < -0.4 is 31.5 Å². The highest BCUT2D eigenvalue weighted by molar-refractivity contribution is 14.1. The highest BCUT2D eigenvalue weighted by Crippen LogP contribution is 2.41. The zero-order valence-corrected chi connectivity index (χ0v) is 70.9. The standard InChI is InChI=1S/C59H69I9N12O15/c1-74(50-46(67)37(55(85)79-16-28-94-29-17-79)41(62)38(47(50)68)56(86)80-18-30-95-31-19-80)59(89)71-7-4-32(2-5-69-57(87)72-48-42(63)33(51(81)75-8-20-90-21-9-75)39(60)34(43(48)64)52(82)76-10-22-91-23-11-76)3-6-70-58(88)73-49-44(65)35(53(83)77-12-24-92-25-13-77)40(61)36(45(49)66)54(84)78-14-26-93-27-15-78/h32H,2-31H2,1H3,(H,71,89)(H2,69,72,87)(H2,70,73,88). The predicted octanol–water partition coefficient (Wildman–Crippen LogP) is 7.54. The Hall–Kier alpha value is -1.38. The number of nitrogens with zero attached hydrogens (tertiary/aromatic N) is 7. The lowest BCUT2D eigenvalue weighted by molar-refractivity contribution is 0.0293. The van der Waals surface area contributed by atoms with Gasteiger partial charge in [0.2, 0.25) is 0 Å². The van der Waals surface area contributed by atoms with Gasteiger partial charge in [-0.05, 0) is 228 Å². The summed E-state index contributed by atoms with van der Waals surface area (Å²) in [4.78, 5) is 141. The second kappa shape index (κ2) is 37.2. The molecule has 6 fully saturated rings. The molecule has 3 aromatic rings. The van der Waals surface area contributed by atoms with Crippen LogP contribution >= 0.6 is 203 Å². The number of anilines is 3. The van der Waals surface area contributed by atoms with Crippen molar-refractivity contribution < 1.29 is 71.6 Å². The van der Waals surface area contributed by atoms with Crippen molar-refractivity contribution in [3.8, 4) is 0 Å². The molecule has 518 valence electrons. The van der Waals surface area contributed by atoms with Crippen molar-refractivity contribution in [2.24, 2.45) is 5.92 Å². The molecule has 0 saturated carbocycles. The first-order valence-electron chi connectivity index (χ1n) is 30.6. The number of urea groups is 3. The van der Waals surface area contributed by atoms with E-state index in [2.05, 4.69) is 230 Å². The van der Waals surface area contributed by atoms with Crippen LogP contribution in [0.25, 0.3) is 0 Å². The number of benzene rings is 3. The largest absolute Gasteiger partial charge is 0.378 e. The summed E-state index contributed by atoms with van der Waals surface area (Å²) in [5.41, 5.74) is 2.83. The molecule has 0 unspecified atom stereocenters. The molecule has 3 aromatic carbocycles. The molecule has 0 spiro atoms. The molecule has 6 aliphatic rings. The average Bonchev–Trinajstić information content (AvgIpc) is 0.777. The third kappa shape index (κ3) is 18.9. The predicted molar refractivity (Wildman–Crippen MR) is 427 cm³/mol. The topological polar surface area (TPSA) is 292 Å². The van der Waals surface area contributed by atoms with Crippen LogP contribution in [0.2, 0.25) is 0 Å². The zero-order valence-electron chi connectivity index (χ0n) is 51.4. The van der Waals surface area contributed by atoms with Gasteiger partial charge in [-0.15, -0.1) is 0 Å². The van der Waals surface area contributed by atoms with E-state index in [1.807, 2.05) is 0 Å². The molecule has 27 nitrogen and oxygen atoms in total. The first-order chi connectivity index (χ1) is 45.6. The van der Waals surface area contributed by atoms with Gasteiger partial charge in [0, 0.05) is 116 Å². The number of carbonyl (C=O) groups excluding carboxylic acids is 9. The molecule has 6 aliphatic heterocycles. The summed E-state index contributed by atoms with van der Waals surface area (Å²) < 4.78 is 37.6. The summed E-state index contributed by atoms with van der Waals surface area (Å²) in [5, 5.41) is 15.0. The Balaban J connectivity index is 0.955. The van der Waals surface area contributed by atoms with Gasteiger partial charge < -0.3 is 84.4 Å². The molecule has 36 heteroatoms. The fourth-order valence-corrected chi connectivity index (χ4v) is 24.8. The molecule has 95 heavy (non-hydrogen) atoms. The van der Waals surface area contributed by atoms with E-state index in [0.29, 0.717) is 260 Å². The van der Waals surface area contributed by atoms with Gasteiger partial charge in [0.1, 0.15) is 0 Å². The van der Waals surface area contributed by atoms with Crippen molar-refractivity contribution in [1.29, 1.82) is 0 Å². The van der Waals surface area contributed by atoms with E-state index in [1.54, 1.807) is 36.4 Å². The fraction of sp³-hybridized carbons (Fsp3) is 0.542. The normalized spacial score (nSPS) is 17.1. The van der Waals surface area contributed by atoms with E-state index in [1.165, 1.54) is 4.90 Å². The molecule has 6 saturated heterocycles. The number of halogens is 9. The van der Waals surface area contributed by atoms with Crippen LogP contribution in [0.5, 0.6) is 0 Å². The Labute approximate surface area is 672 Å². The quantitative estimate of drug-likeness (QED) is 0.0769. The summed E-state index contributed by atoms with van der Waals surface area (Å²) >= 11 is 18.6. The third-order valence-electron chi connectivity index (χ3n) is 16.6. The van der Waals surface area contributed by atoms with Gasteiger partial charge in [-0.3, -0.25) is 33.7 Å². The Morgan fingerprint density at radius 2 is 0.547 bits per heavy atom. The molecule has 0 atom stereocenters. The monoisotopic (exact) mass is 2330 g/mol. The van der Waals surface area contributed by atoms with E-state index < -0.39 is 18.1 Å². The van der Waals surface area contributed by atoms with Gasteiger partial charge >= 0.3 is 18.1 Å². The highest BCUT2D eigenvalue weighted by Gasteiger charge is 2.38. The second-order valence-electron chi connectivity index (χ2n) is 22.4. The lowest BCUT2D eigenvalue weighted by Crippen LogP contribution is -2.44. The van der Waals surface area contributed by atoms with Crippen LogP contribution in [-0.4, -0.2) is 267 Å². The van der Waals surface area contributed by atoms with E-state index in [4.69, 9.17) is 28.4 Å². The maximum absolute atomic E-state index is 14.5. The highest BCUT2D eigenvalue weighted by atomic mass is 127. The first-order valence-corrected chi connectivity index (χ1v) is 40.3. The summed E-state index contributed by atoms with van der Waals surface area (Å²) in [6, 6.07) is -1.70. The number of hydrogen-bond donors (Lipinski definition) is 5. The Bertz CT molecular complexity index is 3120. The molecule has 0 aromatic heterocycles. The smallest absolute Gasteiger partial charge is 0.321 e. The van der Waals surface area contributed by atoms with Crippen molar-refractivity contribution in [2.75, 3.05) is 200 Å². The van der Waals surface area contributed by atoms with Crippen molar-refractivity contribution in [1.82, 2.24) is 45.3 Å². The molecule has 0 aliphatic carbocycles. The number of carbonyl (C=O) groups is 9. The molecule has 12 amide bonds. The van der Waals surface area contributed by atoms with Crippen LogP contribution in [0, 0.1) is 38.0 Å². The lowest BCUT2D eigenvalue weighted by Gasteiger charge is -2.32. The number of amides is 12. The van der Waals surface area contributed by atoms with E-state index in [0.717, 1.165) is 0 Å². The van der Waals surface area contributed by atoms with Crippen molar-refractivity contribution in [2.45, 2.75) is 19.3 Å². The van der Waals surface area contributed by atoms with Crippen LogP contribution in [0.1, 0.15) is 81.4 Å². The second-order valence-corrected chi connectivity index (χ2v) is 32.1. The molecule has 5 N–H and O–H groups in total. The van der Waals surface area contributed by atoms with Crippen molar-refractivity contribution in [3.63, 3.8) is 0 Å². The fourth-order valence-electron chi connectivity index (χ4n) is 11.3. The minimum Gasteiger partial charge on any atom is -0.378 e. The van der Waals surface area contributed by atoms with Crippen LogP contribution in [0.3, 0.4) is 0 Å². The average molecular weight is 2330 g/mol.